The zero-order valence-corrected chi connectivity index (χ0v) is 20.1. The number of aromatic nitrogens is 2. The van der Waals surface area contributed by atoms with E-state index in [-0.39, 0.29) is 17.9 Å². The normalized spacial score (nSPS) is 18.4. The smallest absolute Gasteiger partial charge is 0.368 e. The molecule has 3 aromatic rings. The Labute approximate surface area is 203 Å². The zero-order valence-electron chi connectivity index (χ0n) is 20.1. The van der Waals surface area contributed by atoms with Crippen molar-refractivity contribution in [3.05, 3.63) is 77.2 Å². The van der Waals surface area contributed by atoms with E-state index in [1.807, 2.05) is 43.0 Å². The summed E-state index contributed by atoms with van der Waals surface area (Å²) in [6.07, 6.45) is 1.81. The van der Waals surface area contributed by atoms with E-state index in [1.165, 1.54) is 6.07 Å². The summed E-state index contributed by atoms with van der Waals surface area (Å²) in [7, 11) is 0. The SMILES string of the molecule is Cc1cncc(-c2ccc(C)cc2C(=O)N2CCCC(C)C2CNc2ccc(C(F)(F)F)cn2)c1. The zero-order chi connectivity index (χ0) is 25.2. The maximum absolute atomic E-state index is 13.9. The van der Waals surface area contributed by atoms with E-state index in [1.54, 1.807) is 12.4 Å². The molecular weight excluding hydrogens is 453 g/mol. The quantitative estimate of drug-likeness (QED) is 0.475. The van der Waals surface area contributed by atoms with Crippen LogP contribution in [-0.2, 0) is 6.18 Å². The van der Waals surface area contributed by atoms with Crippen LogP contribution in [0.5, 0.6) is 0 Å². The number of hydrogen-bond donors (Lipinski definition) is 1. The number of alkyl halides is 3. The lowest BCUT2D eigenvalue weighted by molar-refractivity contribution is -0.137. The van der Waals surface area contributed by atoms with E-state index in [9.17, 15) is 18.0 Å². The Hall–Kier alpha value is -3.42. The first kappa shape index (κ1) is 24.7. The van der Waals surface area contributed by atoms with Gasteiger partial charge >= 0.3 is 6.18 Å². The molecule has 2 aromatic heterocycles. The molecule has 1 aliphatic heterocycles. The van der Waals surface area contributed by atoms with Crippen molar-refractivity contribution < 1.29 is 18.0 Å². The lowest BCUT2D eigenvalue weighted by Gasteiger charge is -2.40. The Bertz CT molecular complexity index is 1190. The molecular formula is C27H29F3N4O. The molecule has 5 nitrogen and oxygen atoms in total. The summed E-state index contributed by atoms with van der Waals surface area (Å²) in [5.41, 5.74) is 3.58. The van der Waals surface area contributed by atoms with Gasteiger partial charge < -0.3 is 10.2 Å². The van der Waals surface area contributed by atoms with Crippen LogP contribution in [0.15, 0.2) is 55.0 Å². The number of hydrogen-bond acceptors (Lipinski definition) is 4. The fraction of sp³-hybridized carbons (Fsp3) is 0.370. The molecule has 2 unspecified atom stereocenters. The van der Waals surface area contributed by atoms with Crippen molar-refractivity contribution in [2.75, 3.05) is 18.4 Å². The van der Waals surface area contributed by atoms with Crippen molar-refractivity contribution in [1.29, 1.82) is 0 Å². The topological polar surface area (TPSA) is 58.1 Å². The van der Waals surface area contributed by atoms with Crippen LogP contribution in [0, 0.1) is 19.8 Å². The Morgan fingerprint density at radius 2 is 1.89 bits per heavy atom. The fourth-order valence-electron chi connectivity index (χ4n) is 4.63. The molecule has 1 aromatic carbocycles. The summed E-state index contributed by atoms with van der Waals surface area (Å²) in [5.74, 6) is 0.526. The lowest BCUT2D eigenvalue weighted by atomic mass is 9.89. The second-order valence-corrected chi connectivity index (χ2v) is 9.30. The molecule has 1 amide bonds. The lowest BCUT2D eigenvalue weighted by Crippen LogP contribution is -2.51. The second kappa shape index (κ2) is 10.1. The summed E-state index contributed by atoms with van der Waals surface area (Å²) in [4.78, 5) is 24.0. The molecule has 1 aliphatic rings. The van der Waals surface area contributed by atoms with Gasteiger partial charge in [0.2, 0.25) is 0 Å². The molecule has 4 rings (SSSR count). The number of rotatable bonds is 5. The van der Waals surface area contributed by atoms with Gasteiger partial charge in [-0.2, -0.15) is 13.2 Å². The van der Waals surface area contributed by atoms with Gasteiger partial charge in [-0.25, -0.2) is 4.98 Å². The number of nitrogens with zero attached hydrogens (tertiary/aromatic N) is 3. The van der Waals surface area contributed by atoms with E-state index in [2.05, 4.69) is 22.2 Å². The van der Waals surface area contributed by atoms with Gasteiger partial charge in [0.05, 0.1) is 11.6 Å². The predicted molar refractivity (Wildman–Crippen MR) is 130 cm³/mol. The minimum absolute atomic E-state index is 0.0519. The molecule has 184 valence electrons. The number of anilines is 1. The largest absolute Gasteiger partial charge is 0.417 e. The maximum Gasteiger partial charge on any atom is 0.417 e. The van der Waals surface area contributed by atoms with E-state index in [0.29, 0.717) is 24.5 Å². The van der Waals surface area contributed by atoms with Gasteiger partial charge in [0.25, 0.3) is 5.91 Å². The second-order valence-electron chi connectivity index (χ2n) is 9.30. The number of pyridine rings is 2. The number of carbonyl (C=O) groups is 1. The summed E-state index contributed by atoms with van der Waals surface area (Å²) in [6, 6.07) is 10.1. The average Bonchev–Trinajstić information content (AvgIpc) is 2.82. The Kier molecular flexibility index (Phi) is 7.10. The summed E-state index contributed by atoms with van der Waals surface area (Å²) in [5, 5.41) is 3.14. The molecule has 35 heavy (non-hydrogen) atoms. The van der Waals surface area contributed by atoms with Gasteiger partial charge in [0.1, 0.15) is 5.82 Å². The number of nitrogens with one attached hydrogen (secondary N) is 1. The highest BCUT2D eigenvalue weighted by molar-refractivity contribution is 6.01. The van der Waals surface area contributed by atoms with Crippen LogP contribution in [0.2, 0.25) is 0 Å². The van der Waals surface area contributed by atoms with Crippen LogP contribution in [0.4, 0.5) is 19.0 Å². The molecule has 0 saturated carbocycles. The molecule has 8 heteroatoms. The average molecular weight is 483 g/mol. The highest BCUT2D eigenvalue weighted by atomic mass is 19.4. The third-order valence-electron chi connectivity index (χ3n) is 6.55. The number of benzene rings is 1. The van der Waals surface area contributed by atoms with Gasteiger partial charge in [0, 0.05) is 42.8 Å². The number of carbonyl (C=O) groups excluding carboxylic acids is 1. The van der Waals surface area contributed by atoms with Crippen LogP contribution in [-0.4, -0.2) is 39.9 Å². The molecule has 1 N–H and O–H groups in total. The van der Waals surface area contributed by atoms with Crippen molar-refractivity contribution in [2.45, 2.75) is 45.8 Å². The molecule has 0 radical (unpaired) electrons. The third-order valence-corrected chi connectivity index (χ3v) is 6.55. The number of halogens is 3. The highest BCUT2D eigenvalue weighted by Crippen LogP contribution is 2.31. The fourth-order valence-corrected chi connectivity index (χ4v) is 4.63. The van der Waals surface area contributed by atoms with Gasteiger partial charge in [-0.05, 0) is 68.0 Å². The van der Waals surface area contributed by atoms with Crippen molar-refractivity contribution in [3.63, 3.8) is 0 Å². The number of likely N-dealkylation sites (tertiary alicyclic amines) is 1. The first-order chi connectivity index (χ1) is 16.6. The van der Waals surface area contributed by atoms with Crippen molar-refractivity contribution in [2.24, 2.45) is 5.92 Å². The van der Waals surface area contributed by atoms with Crippen molar-refractivity contribution in [3.8, 4) is 11.1 Å². The number of aryl methyl sites for hydroxylation is 2. The number of piperidine rings is 1. The monoisotopic (exact) mass is 482 g/mol. The first-order valence-corrected chi connectivity index (χ1v) is 11.7. The minimum Gasteiger partial charge on any atom is -0.368 e. The third kappa shape index (κ3) is 5.63. The molecule has 0 aliphatic carbocycles. The summed E-state index contributed by atoms with van der Waals surface area (Å²) < 4.78 is 38.5. The highest BCUT2D eigenvalue weighted by Gasteiger charge is 2.34. The maximum atomic E-state index is 13.9. The van der Waals surface area contributed by atoms with E-state index < -0.39 is 11.7 Å². The predicted octanol–water partition coefficient (Wildman–Crippen LogP) is 6.13. The standard InChI is InChI=1S/C27H29F3N4O/c1-17-6-8-22(20-11-18(2)13-31-14-20)23(12-17)26(35)34-10-4-5-19(3)24(34)16-33-25-9-7-21(15-32-25)27(28,29)30/h6-9,11-15,19,24H,4-5,10,16H2,1-3H3,(H,32,33). The van der Waals surface area contributed by atoms with Crippen LogP contribution < -0.4 is 5.32 Å². The van der Waals surface area contributed by atoms with Crippen LogP contribution >= 0.6 is 0 Å². The molecule has 1 saturated heterocycles. The van der Waals surface area contributed by atoms with Crippen molar-refractivity contribution >= 4 is 11.7 Å². The van der Waals surface area contributed by atoms with Crippen LogP contribution in [0.3, 0.4) is 0 Å². The van der Waals surface area contributed by atoms with E-state index in [4.69, 9.17) is 0 Å². The van der Waals surface area contributed by atoms with Gasteiger partial charge in [-0.15, -0.1) is 0 Å². The minimum atomic E-state index is -4.43. The Balaban J connectivity index is 1.58. The van der Waals surface area contributed by atoms with Crippen molar-refractivity contribution in [1.82, 2.24) is 14.9 Å². The van der Waals surface area contributed by atoms with Gasteiger partial charge in [-0.3, -0.25) is 9.78 Å². The van der Waals surface area contributed by atoms with Crippen LogP contribution in [0.25, 0.3) is 11.1 Å². The number of amides is 1. The summed E-state index contributed by atoms with van der Waals surface area (Å²) in [6.45, 7) is 7.06. The Morgan fingerprint density at radius 3 is 2.57 bits per heavy atom. The Morgan fingerprint density at radius 1 is 1.09 bits per heavy atom. The van der Waals surface area contributed by atoms with Crippen LogP contribution in [0.1, 0.15) is 46.8 Å². The van der Waals surface area contributed by atoms with E-state index in [0.717, 1.165) is 47.4 Å². The van der Waals surface area contributed by atoms with Gasteiger partial charge in [0.15, 0.2) is 0 Å². The molecule has 3 heterocycles. The molecule has 2 atom stereocenters. The first-order valence-electron chi connectivity index (χ1n) is 11.7. The molecule has 0 spiro atoms. The van der Waals surface area contributed by atoms with E-state index >= 15 is 0 Å². The summed E-state index contributed by atoms with van der Waals surface area (Å²) >= 11 is 0. The van der Waals surface area contributed by atoms with Gasteiger partial charge in [-0.1, -0.05) is 24.6 Å². The molecule has 0 bridgehead atoms. The molecule has 1 fully saturated rings.